The summed E-state index contributed by atoms with van der Waals surface area (Å²) >= 11 is 8.78. The molecule has 1 saturated heterocycles. The smallest absolute Gasteiger partial charge is 0.413 e. The van der Waals surface area contributed by atoms with Crippen LogP contribution in [-0.2, 0) is 67.0 Å². The number of β-lactam (4-membered cyclic amide) rings is 1. The summed E-state index contributed by atoms with van der Waals surface area (Å²) in [5, 5.41) is 8.12. The molecule has 1 aromatic carbocycles. The number of carbonyl (C=O) groups excluding carboxylic acids is 6. The molecule has 26 heteroatoms. The molecule has 0 saturated carbocycles. The highest BCUT2D eigenvalue weighted by molar-refractivity contribution is 8.00. The molecule has 5 heterocycles. The second-order valence-electron chi connectivity index (χ2n) is 21.7. The Kier molecular flexibility index (Phi) is 19.3. The number of anilines is 1. The lowest BCUT2D eigenvalue weighted by Crippen LogP contribution is -2.71. The molecule has 2 radical (unpaired) electrons. The molecule has 21 nitrogen and oxygen atoms in total. The maximum absolute atomic E-state index is 14.6. The zero-order chi connectivity index (χ0) is 56.8. The molecular formula is C51H67BClN8O13S2Si+. The lowest BCUT2D eigenvalue weighted by molar-refractivity contribution is -0.663. The number of fused-ring (bicyclic) bond motifs is 2. The molecular weight excluding hydrogens is 1070 g/mol. The first-order valence-corrected chi connectivity index (χ1v) is 29.8. The van der Waals surface area contributed by atoms with Gasteiger partial charge in [0.2, 0.25) is 11.6 Å². The van der Waals surface area contributed by atoms with E-state index >= 15 is 0 Å². The van der Waals surface area contributed by atoms with E-state index in [0.29, 0.717) is 36.4 Å². The molecule has 3 aromatic heterocycles. The van der Waals surface area contributed by atoms with Gasteiger partial charge in [0.25, 0.3) is 11.8 Å². The normalized spacial score (nSPS) is 16.5. The van der Waals surface area contributed by atoms with Gasteiger partial charge in [0.05, 0.1) is 13.7 Å². The Labute approximate surface area is 463 Å². The SMILES string of the molecule is [B]OC(=O)[C@H](CO[Si](C)(C)C(C)(C)C)O/N=C(\C(=O)NC1C(=O)N2C(C(=O)OCc3ccc(OC)cc3)=C(C[n+]3cccc4c3ccn4CCCN(C)C(=O)OC(C)(C)C)CSC12)c1nc(NC(=O)OC(C)(C)C)sc1Cl. The van der Waals surface area contributed by atoms with Crippen molar-refractivity contribution in [1.29, 1.82) is 0 Å². The molecule has 0 spiro atoms. The van der Waals surface area contributed by atoms with Crippen LogP contribution in [0.5, 0.6) is 5.75 Å². The standard InChI is InChI=1S/C51H66BClN8O13S2Si/c1-49(2,3)71-47(66)56-46-55-36(40(53)76-46)37(57-74-35(44(64)73-52)28-70-77(12,13)51(7,8)9)41(62)54-38-42(63)61-39(45(65)69-27-30-17-19-32(68-11)20-18-30)31(29-75-43(38)61)26-60-23-14-16-33-34(60)21-25-59(33)24-15-22-58(10)48(67)72-50(4,5)6/h14,16-21,23,25,35,38,43H,15,22,24,26-29H2,1-13H3,(H-,54,55,56,62,66)/p+1/b57-37-/t35-,38?,43?/m0/s1. The predicted octanol–water partition coefficient (Wildman–Crippen LogP) is 7.49. The Bertz CT molecular complexity index is 2910. The van der Waals surface area contributed by atoms with Gasteiger partial charge in [0.1, 0.15) is 56.2 Å². The Morgan fingerprint density at radius 3 is 2.34 bits per heavy atom. The Balaban J connectivity index is 1.29. The number of thiazole rings is 1. The summed E-state index contributed by atoms with van der Waals surface area (Å²) in [6.07, 6.45) is 1.66. The van der Waals surface area contributed by atoms with E-state index in [1.807, 2.05) is 89.8 Å². The molecule has 0 aliphatic carbocycles. The van der Waals surface area contributed by atoms with Gasteiger partial charge in [-0.2, -0.15) is 4.57 Å². The van der Waals surface area contributed by atoms with Crippen LogP contribution in [0.2, 0.25) is 22.5 Å². The van der Waals surface area contributed by atoms with E-state index in [2.05, 4.69) is 30.0 Å². The highest BCUT2D eigenvalue weighted by atomic mass is 35.5. The third-order valence-corrected chi connectivity index (χ3v) is 19.5. The lowest BCUT2D eigenvalue weighted by atomic mass is 10.0. The molecule has 2 unspecified atom stereocenters. The van der Waals surface area contributed by atoms with Crippen molar-refractivity contribution in [2.24, 2.45) is 5.16 Å². The van der Waals surface area contributed by atoms with Crippen LogP contribution >= 0.6 is 34.7 Å². The first kappa shape index (κ1) is 60.1. The summed E-state index contributed by atoms with van der Waals surface area (Å²) in [5.74, 6) is -2.60. The van der Waals surface area contributed by atoms with Crippen molar-refractivity contribution >= 4 is 109 Å². The summed E-state index contributed by atoms with van der Waals surface area (Å²) in [7, 11) is 6.05. The van der Waals surface area contributed by atoms with E-state index in [-0.39, 0.29) is 51.4 Å². The number of aryl methyl sites for hydroxylation is 1. The molecule has 4 amide bonds. The number of hydrogen-bond acceptors (Lipinski definition) is 17. The van der Waals surface area contributed by atoms with Gasteiger partial charge in [0.15, 0.2) is 31.9 Å². The number of nitrogens with one attached hydrogen (secondary N) is 2. The zero-order valence-electron chi connectivity index (χ0n) is 45.6. The summed E-state index contributed by atoms with van der Waals surface area (Å²) in [5.41, 5.74) is 0.710. The maximum atomic E-state index is 14.6. The number of pyridine rings is 1. The van der Waals surface area contributed by atoms with Crippen LogP contribution in [0, 0.1) is 0 Å². The number of thioether (sulfide) groups is 1. The molecule has 414 valence electrons. The molecule has 1 fully saturated rings. The van der Waals surface area contributed by atoms with E-state index in [9.17, 15) is 28.8 Å². The predicted molar refractivity (Wildman–Crippen MR) is 294 cm³/mol. The third-order valence-electron chi connectivity index (χ3n) is 12.5. The fourth-order valence-electron chi connectivity index (χ4n) is 7.52. The molecule has 3 atom stereocenters. The second kappa shape index (κ2) is 24.7. The quantitative estimate of drug-likeness (QED) is 0.0166. The molecule has 4 aromatic rings. The van der Waals surface area contributed by atoms with E-state index in [4.69, 9.17) is 47.9 Å². The molecule has 2 aliphatic heterocycles. The average molecular weight is 1140 g/mol. The van der Waals surface area contributed by atoms with Gasteiger partial charge in [-0.05, 0) is 89.9 Å². The molecule has 77 heavy (non-hydrogen) atoms. The first-order chi connectivity index (χ1) is 36.0. The number of aromatic nitrogens is 3. The Hall–Kier alpha value is -6.15. The van der Waals surface area contributed by atoms with Crippen molar-refractivity contribution in [3.05, 3.63) is 81.7 Å². The fourth-order valence-corrected chi connectivity index (χ4v) is 10.9. The molecule has 2 aliphatic rings. The van der Waals surface area contributed by atoms with Crippen LogP contribution in [0.15, 0.2) is 71.3 Å². The topological polar surface area (TPSA) is 232 Å². The lowest BCUT2D eigenvalue weighted by Gasteiger charge is -2.49. The number of nitrogens with zero attached hydrogens (tertiary/aromatic N) is 6. The van der Waals surface area contributed by atoms with Crippen molar-refractivity contribution in [2.75, 3.05) is 38.4 Å². The van der Waals surface area contributed by atoms with Crippen LogP contribution in [0.1, 0.15) is 80.0 Å². The van der Waals surface area contributed by atoms with Crippen LogP contribution in [0.3, 0.4) is 0 Å². The van der Waals surface area contributed by atoms with Crippen molar-refractivity contribution < 1.29 is 66.2 Å². The number of rotatable bonds is 20. The van der Waals surface area contributed by atoms with Gasteiger partial charge in [-0.15, -0.1) is 11.8 Å². The second-order valence-corrected chi connectivity index (χ2v) is 29.2. The van der Waals surface area contributed by atoms with Crippen molar-refractivity contribution in [2.45, 2.75) is 135 Å². The first-order valence-electron chi connectivity index (χ1n) is 24.6. The van der Waals surface area contributed by atoms with Gasteiger partial charge >= 0.3 is 32.2 Å². The van der Waals surface area contributed by atoms with Crippen LogP contribution in [-0.4, -0.2) is 139 Å². The van der Waals surface area contributed by atoms with Crippen LogP contribution < -0.4 is 19.9 Å². The van der Waals surface area contributed by atoms with Crippen LogP contribution in [0.4, 0.5) is 14.7 Å². The number of hydrogen-bond donors (Lipinski definition) is 2. The van der Waals surface area contributed by atoms with E-state index in [1.54, 1.807) is 64.1 Å². The average Bonchev–Trinajstić information content (AvgIpc) is 3.96. The van der Waals surface area contributed by atoms with E-state index in [0.717, 1.165) is 22.4 Å². The minimum absolute atomic E-state index is 0.0226. The van der Waals surface area contributed by atoms with Crippen molar-refractivity contribution in [1.82, 2.24) is 24.7 Å². The number of ether oxygens (including phenoxy) is 4. The van der Waals surface area contributed by atoms with Gasteiger partial charge in [-0.3, -0.25) is 19.8 Å². The number of esters is 1. The molecule has 2 N–H and O–H groups in total. The minimum Gasteiger partial charge on any atom is -0.541 e. The summed E-state index contributed by atoms with van der Waals surface area (Å²) in [6, 6.07) is 11.6. The van der Waals surface area contributed by atoms with Gasteiger partial charge in [-0.1, -0.05) is 61.0 Å². The van der Waals surface area contributed by atoms with Crippen molar-refractivity contribution in [3.63, 3.8) is 0 Å². The molecule has 0 bridgehead atoms. The number of oxime groups is 1. The largest absolute Gasteiger partial charge is 0.541 e. The van der Waals surface area contributed by atoms with Gasteiger partial charge < -0.3 is 47.6 Å². The van der Waals surface area contributed by atoms with Gasteiger partial charge in [0, 0.05) is 49.8 Å². The monoisotopic (exact) mass is 1140 g/mol. The third kappa shape index (κ3) is 15.3. The summed E-state index contributed by atoms with van der Waals surface area (Å²) in [6.45, 7) is 21.2. The van der Waals surface area contributed by atoms with E-state index in [1.165, 1.54) is 16.7 Å². The molecule has 6 rings (SSSR count). The maximum Gasteiger partial charge on any atom is 0.413 e. The number of benzene rings is 1. The Morgan fingerprint density at radius 1 is 1.01 bits per heavy atom. The zero-order valence-corrected chi connectivity index (χ0v) is 49.0. The van der Waals surface area contributed by atoms with Crippen molar-refractivity contribution in [3.8, 4) is 5.75 Å². The number of halogens is 1. The summed E-state index contributed by atoms with van der Waals surface area (Å²) in [4.78, 5) is 94.7. The number of methoxy groups -OCH3 is 1. The van der Waals surface area contributed by atoms with E-state index < -0.39 is 78.7 Å². The summed E-state index contributed by atoms with van der Waals surface area (Å²) < 4.78 is 36.7. The number of amides is 4. The Morgan fingerprint density at radius 2 is 1.70 bits per heavy atom. The fraction of sp³-hybridized carbons (Fsp3) is 0.510. The minimum atomic E-state index is -2.49. The van der Waals surface area contributed by atoms with Gasteiger partial charge in [-0.25, -0.2) is 24.2 Å². The highest BCUT2D eigenvalue weighted by Crippen LogP contribution is 2.42. The highest BCUT2D eigenvalue weighted by Gasteiger charge is 2.55. The van der Waals surface area contributed by atoms with Crippen LogP contribution in [0.25, 0.3) is 11.0 Å². The number of carbonyl (C=O) groups is 6.